The van der Waals surface area contributed by atoms with Gasteiger partial charge in [0.05, 0.1) is 5.92 Å². The van der Waals surface area contributed by atoms with Crippen molar-refractivity contribution in [2.45, 2.75) is 58.0 Å². The van der Waals surface area contributed by atoms with Crippen LogP contribution in [0.1, 0.15) is 51.6 Å². The molecule has 0 aromatic carbocycles. The maximum Gasteiger partial charge on any atom is 0.308 e. The van der Waals surface area contributed by atoms with Crippen molar-refractivity contribution < 1.29 is 9.53 Å². The van der Waals surface area contributed by atoms with Crippen LogP contribution in [0.15, 0.2) is 24.4 Å². The molecule has 0 unspecified atom stereocenters. The van der Waals surface area contributed by atoms with E-state index >= 15 is 0 Å². The molecule has 0 amide bonds. The molecule has 1 aromatic heterocycles. The van der Waals surface area contributed by atoms with E-state index in [-0.39, 0.29) is 17.5 Å². The molecule has 2 rings (SSSR count). The van der Waals surface area contributed by atoms with Gasteiger partial charge in [0.1, 0.15) is 5.60 Å². The van der Waals surface area contributed by atoms with E-state index in [9.17, 15) is 4.79 Å². The highest BCUT2D eigenvalue weighted by Crippen LogP contribution is 2.35. The average molecular weight is 261 g/mol. The van der Waals surface area contributed by atoms with Crippen LogP contribution in [0, 0.1) is 5.92 Å². The van der Waals surface area contributed by atoms with Crippen molar-refractivity contribution in [2.75, 3.05) is 0 Å². The van der Waals surface area contributed by atoms with E-state index in [1.165, 1.54) is 6.42 Å². The van der Waals surface area contributed by atoms with Crippen molar-refractivity contribution in [3.8, 4) is 0 Å². The SMILES string of the molecule is CC(C)C(=O)OC1(Cc2ccccn2)CCCCC1. The molecule has 1 aromatic rings. The summed E-state index contributed by atoms with van der Waals surface area (Å²) in [5.41, 5.74) is 0.689. The lowest BCUT2D eigenvalue weighted by atomic mass is 9.81. The minimum Gasteiger partial charge on any atom is -0.458 e. The molecule has 19 heavy (non-hydrogen) atoms. The molecule has 1 heterocycles. The Morgan fingerprint density at radius 1 is 1.32 bits per heavy atom. The number of aromatic nitrogens is 1. The van der Waals surface area contributed by atoms with Crippen LogP contribution < -0.4 is 0 Å². The first kappa shape index (κ1) is 14.0. The smallest absolute Gasteiger partial charge is 0.308 e. The van der Waals surface area contributed by atoms with E-state index in [1.54, 1.807) is 6.20 Å². The molecule has 0 saturated heterocycles. The van der Waals surface area contributed by atoms with Crippen LogP contribution in [-0.2, 0) is 16.0 Å². The lowest BCUT2D eigenvalue weighted by Crippen LogP contribution is -2.40. The lowest BCUT2D eigenvalue weighted by molar-refractivity contribution is -0.167. The van der Waals surface area contributed by atoms with Gasteiger partial charge in [0.25, 0.3) is 0 Å². The van der Waals surface area contributed by atoms with Crippen molar-refractivity contribution in [3.05, 3.63) is 30.1 Å². The second-order valence-electron chi connectivity index (χ2n) is 5.82. The van der Waals surface area contributed by atoms with Gasteiger partial charge in [0.2, 0.25) is 0 Å². The van der Waals surface area contributed by atoms with Gasteiger partial charge in [-0.25, -0.2) is 0 Å². The molecule has 0 bridgehead atoms. The van der Waals surface area contributed by atoms with Gasteiger partial charge in [-0.2, -0.15) is 0 Å². The zero-order valence-corrected chi connectivity index (χ0v) is 11.9. The first-order valence-corrected chi connectivity index (χ1v) is 7.24. The number of hydrogen-bond acceptors (Lipinski definition) is 3. The van der Waals surface area contributed by atoms with Crippen molar-refractivity contribution in [1.82, 2.24) is 4.98 Å². The highest BCUT2D eigenvalue weighted by Gasteiger charge is 2.37. The molecule has 0 radical (unpaired) electrons. The van der Waals surface area contributed by atoms with Crippen LogP contribution in [0.25, 0.3) is 0 Å². The third-order valence-electron chi connectivity index (χ3n) is 3.78. The third kappa shape index (κ3) is 3.79. The Morgan fingerprint density at radius 2 is 2.05 bits per heavy atom. The summed E-state index contributed by atoms with van der Waals surface area (Å²) < 4.78 is 5.87. The third-order valence-corrected chi connectivity index (χ3v) is 3.78. The van der Waals surface area contributed by atoms with Gasteiger partial charge in [0.15, 0.2) is 0 Å². The maximum atomic E-state index is 12.0. The van der Waals surface area contributed by atoms with E-state index in [2.05, 4.69) is 4.98 Å². The van der Waals surface area contributed by atoms with Crippen LogP contribution in [0.4, 0.5) is 0 Å². The average Bonchev–Trinajstić information content (AvgIpc) is 2.40. The fourth-order valence-corrected chi connectivity index (χ4v) is 2.68. The van der Waals surface area contributed by atoms with Gasteiger partial charge in [-0.1, -0.05) is 26.3 Å². The maximum absolute atomic E-state index is 12.0. The Balaban J connectivity index is 2.12. The summed E-state index contributed by atoms with van der Waals surface area (Å²) >= 11 is 0. The molecular weight excluding hydrogens is 238 g/mol. The number of pyridine rings is 1. The Morgan fingerprint density at radius 3 is 2.63 bits per heavy atom. The van der Waals surface area contributed by atoms with Gasteiger partial charge in [0, 0.05) is 18.3 Å². The van der Waals surface area contributed by atoms with Gasteiger partial charge in [-0.15, -0.1) is 0 Å². The molecule has 1 aliphatic carbocycles. The molecule has 0 atom stereocenters. The summed E-state index contributed by atoms with van der Waals surface area (Å²) in [6, 6.07) is 5.92. The van der Waals surface area contributed by atoms with Crippen LogP contribution in [0.3, 0.4) is 0 Å². The number of esters is 1. The Labute approximate surface area is 115 Å². The lowest BCUT2D eigenvalue weighted by Gasteiger charge is -2.37. The zero-order valence-electron chi connectivity index (χ0n) is 11.9. The predicted octanol–water partition coefficient (Wildman–Crippen LogP) is 3.53. The summed E-state index contributed by atoms with van der Waals surface area (Å²) in [5.74, 6) is -0.152. The molecule has 0 aliphatic heterocycles. The second-order valence-corrected chi connectivity index (χ2v) is 5.82. The summed E-state index contributed by atoms with van der Waals surface area (Å²) in [5, 5.41) is 0. The normalized spacial score (nSPS) is 18.3. The van der Waals surface area contributed by atoms with Gasteiger partial charge in [-0.3, -0.25) is 9.78 Å². The number of carbonyl (C=O) groups excluding carboxylic acids is 1. The summed E-state index contributed by atoms with van der Waals surface area (Å²) in [4.78, 5) is 16.3. The van der Waals surface area contributed by atoms with E-state index in [0.717, 1.165) is 37.8 Å². The Kier molecular flexibility index (Phi) is 4.56. The van der Waals surface area contributed by atoms with Gasteiger partial charge in [-0.05, 0) is 37.8 Å². The molecule has 3 heteroatoms. The fourth-order valence-electron chi connectivity index (χ4n) is 2.68. The number of hydrogen-bond donors (Lipinski definition) is 0. The first-order chi connectivity index (χ1) is 9.11. The van der Waals surface area contributed by atoms with Gasteiger partial charge >= 0.3 is 5.97 Å². The summed E-state index contributed by atoms with van der Waals surface area (Å²) in [6.45, 7) is 3.78. The second kappa shape index (κ2) is 6.18. The standard InChI is InChI=1S/C16H23NO2/c1-13(2)15(18)19-16(9-5-3-6-10-16)12-14-8-4-7-11-17-14/h4,7-8,11,13H,3,5-6,9-10,12H2,1-2H3. The monoisotopic (exact) mass is 261 g/mol. The van der Waals surface area contributed by atoms with E-state index < -0.39 is 0 Å². The zero-order chi connectivity index (χ0) is 13.7. The molecule has 3 nitrogen and oxygen atoms in total. The predicted molar refractivity (Wildman–Crippen MR) is 74.7 cm³/mol. The number of nitrogens with zero attached hydrogens (tertiary/aromatic N) is 1. The molecule has 1 aliphatic rings. The molecule has 1 fully saturated rings. The minimum atomic E-state index is -0.325. The fraction of sp³-hybridized carbons (Fsp3) is 0.625. The van der Waals surface area contributed by atoms with Crippen LogP contribution >= 0.6 is 0 Å². The molecule has 0 N–H and O–H groups in total. The van der Waals surface area contributed by atoms with Gasteiger partial charge < -0.3 is 4.74 Å². The summed E-state index contributed by atoms with van der Waals surface area (Å²) in [7, 11) is 0. The molecule has 0 spiro atoms. The highest BCUT2D eigenvalue weighted by molar-refractivity contribution is 5.72. The minimum absolute atomic E-state index is 0.0671. The largest absolute Gasteiger partial charge is 0.458 e. The quantitative estimate of drug-likeness (QED) is 0.778. The molecule has 104 valence electrons. The Bertz CT molecular complexity index is 408. The van der Waals surface area contributed by atoms with Crippen molar-refractivity contribution in [1.29, 1.82) is 0 Å². The van der Waals surface area contributed by atoms with Crippen molar-refractivity contribution in [3.63, 3.8) is 0 Å². The Hall–Kier alpha value is -1.38. The van der Waals surface area contributed by atoms with Crippen molar-refractivity contribution in [2.24, 2.45) is 5.92 Å². The number of ether oxygens (including phenoxy) is 1. The van der Waals surface area contributed by atoms with E-state index in [0.29, 0.717) is 0 Å². The molecular formula is C16H23NO2. The first-order valence-electron chi connectivity index (χ1n) is 7.24. The number of rotatable bonds is 4. The topological polar surface area (TPSA) is 39.2 Å². The number of carbonyl (C=O) groups is 1. The van der Waals surface area contributed by atoms with Crippen LogP contribution in [-0.4, -0.2) is 16.6 Å². The van der Waals surface area contributed by atoms with Crippen LogP contribution in [0.2, 0.25) is 0 Å². The summed E-state index contributed by atoms with van der Waals surface area (Å²) in [6.07, 6.45) is 7.98. The molecule has 1 saturated carbocycles. The van der Waals surface area contributed by atoms with Crippen LogP contribution in [0.5, 0.6) is 0 Å². The highest BCUT2D eigenvalue weighted by atomic mass is 16.6. The van der Waals surface area contributed by atoms with Crippen molar-refractivity contribution >= 4 is 5.97 Å². The van der Waals surface area contributed by atoms with E-state index in [4.69, 9.17) is 4.74 Å². The van der Waals surface area contributed by atoms with E-state index in [1.807, 2.05) is 32.0 Å².